The largest absolute Gasteiger partial charge is 0.286 e. The molecule has 1 unspecified atom stereocenters. The fourth-order valence-corrected chi connectivity index (χ4v) is 4.32. The molecule has 1 aliphatic rings. The van der Waals surface area contributed by atoms with Gasteiger partial charge in [-0.2, -0.15) is 0 Å². The molecule has 3 rings (SSSR count). The fraction of sp³-hybridized carbons (Fsp3) is 0.222. The van der Waals surface area contributed by atoms with E-state index in [9.17, 15) is 4.79 Å². The number of carbonyl (C=O) groups is 1. The number of halogens is 1. The highest BCUT2D eigenvalue weighted by Gasteiger charge is 2.37. The summed E-state index contributed by atoms with van der Waals surface area (Å²) in [6.45, 7) is 0.567. The monoisotopic (exact) mass is 388 g/mol. The summed E-state index contributed by atoms with van der Waals surface area (Å²) in [5, 5.41) is 1.55. The Morgan fingerprint density at radius 2 is 1.70 bits per heavy atom. The molecule has 1 aliphatic heterocycles. The molecule has 5 heteroatoms. The number of hydrogen-bond acceptors (Lipinski definition) is 3. The number of rotatable bonds is 5. The molecule has 0 aliphatic carbocycles. The van der Waals surface area contributed by atoms with Gasteiger partial charge in [-0.25, -0.2) is 4.99 Å². The van der Waals surface area contributed by atoms with E-state index in [1.807, 2.05) is 60.7 Å². The van der Waals surface area contributed by atoms with Crippen LogP contribution in [0.25, 0.3) is 0 Å². The lowest BCUT2D eigenvalue weighted by molar-refractivity contribution is -0.126. The lowest BCUT2D eigenvalue weighted by atomic mass is 10.2. The van der Waals surface area contributed by atoms with Gasteiger partial charge in [-0.15, -0.1) is 0 Å². The fourth-order valence-electron chi connectivity index (χ4n) is 2.40. The molecule has 2 aromatic rings. The van der Waals surface area contributed by atoms with Crippen LogP contribution < -0.4 is 0 Å². The molecule has 3 nitrogen and oxygen atoms in total. The van der Waals surface area contributed by atoms with Gasteiger partial charge in [-0.05, 0) is 24.1 Å². The minimum absolute atomic E-state index is 0.0550. The molecule has 0 spiro atoms. The number of amides is 1. The van der Waals surface area contributed by atoms with Crippen molar-refractivity contribution >= 4 is 44.5 Å². The summed E-state index contributed by atoms with van der Waals surface area (Å²) in [4.78, 5) is 19.2. The maximum absolute atomic E-state index is 12.7. The second-order valence-corrected chi connectivity index (χ2v) is 7.19. The Balaban J connectivity index is 1.88. The first-order valence-corrected chi connectivity index (χ1v) is 9.49. The Morgan fingerprint density at radius 3 is 2.35 bits per heavy atom. The van der Waals surface area contributed by atoms with E-state index in [1.54, 1.807) is 16.7 Å². The maximum Gasteiger partial charge on any atom is 0.242 e. The third-order valence-electron chi connectivity index (χ3n) is 3.56. The van der Waals surface area contributed by atoms with Gasteiger partial charge >= 0.3 is 0 Å². The molecule has 1 atom stereocenters. The van der Waals surface area contributed by atoms with Crippen molar-refractivity contribution in [3.8, 4) is 0 Å². The van der Waals surface area contributed by atoms with Gasteiger partial charge in [0.15, 0.2) is 5.17 Å². The molecule has 2 aromatic carbocycles. The number of alkyl halides is 1. The van der Waals surface area contributed by atoms with Gasteiger partial charge in [0.1, 0.15) is 0 Å². The zero-order chi connectivity index (χ0) is 16.1. The SMILES string of the molecule is O=C1C(CCBr)SC(=Nc2ccccc2)N1Cc1ccccc1. The molecule has 1 saturated heterocycles. The van der Waals surface area contributed by atoms with Crippen molar-refractivity contribution in [2.45, 2.75) is 18.2 Å². The number of amidine groups is 1. The highest BCUT2D eigenvalue weighted by atomic mass is 79.9. The van der Waals surface area contributed by atoms with E-state index >= 15 is 0 Å². The van der Waals surface area contributed by atoms with Crippen LogP contribution in [0, 0.1) is 0 Å². The first-order valence-electron chi connectivity index (χ1n) is 7.49. The zero-order valence-electron chi connectivity index (χ0n) is 12.6. The first kappa shape index (κ1) is 16.3. The van der Waals surface area contributed by atoms with E-state index in [2.05, 4.69) is 20.9 Å². The van der Waals surface area contributed by atoms with Gasteiger partial charge in [0.05, 0.1) is 17.5 Å². The highest BCUT2D eigenvalue weighted by Crippen LogP contribution is 2.32. The Hall–Kier alpha value is -1.59. The Labute approximate surface area is 148 Å². The maximum atomic E-state index is 12.7. The Bertz CT molecular complexity index is 691. The van der Waals surface area contributed by atoms with Gasteiger partial charge in [0, 0.05) is 5.33 Å². The molecular weight excluding hydrogens is 372 g/mol. The van der Waals surface area contributed by atoms with E-state index in [0.717, 1.165) is 28.2 Å². The smallest absolute Gasteiger partial charge is 0.242 e. The lowest BCUT2D eigenvalue weighted by Crippen LogP contribution is -2.31. The van der Waals surface area contributed by atoms with Crippen LogP contribution >= 0.6 is 27.7 Å². The van der Waals surface area contributed by atoms with Crippen LogP contribution in [0.2, 0.25) is 0 Å². The number of hydrogen-bond donors (Lipinski definition) is 0. The Kier molecular flexibility index (Phi) is 5.51. The van der Waals surface area contributed by atoms with Crippen LogP contribution in [0.1, 0.15) is 12.0 Å². The zero-order valence-corrected chi connectivity index (χ0v) is 15.0. The number of aliphatic imine (C=N–C) groups is 1. The molecular formula is C18H17BrN2OS. The van der Waals surface area contributed by atoms with Crippen molar-refractivity contribution in [1.82, 2.24) is 4.90 Å². The van der Waals surface area contributed by atoms with E-state index < -0.39 is 0 Å². The number of nitrogens with zero attached hydrogens (tertiary/aromatic N) is 2. The van der Waals surface area contributed by atoms with Crippen molar-refractivity contribution in [1.29, 1.82) is 0 Å². The van der Waals surface area contributed by atoms with Crippen LogP contribution in [-0.4, -0.2) is 26.6 Å². The van der Waals surface area contributed by atoms with Gasteiger partial charge in [-0.1, -0.05) is 76.2 Å². The topological polar surface area (TPSA) is 32.7 Å². The van der Waals surface area contributed by atoms with Crippen molar-refractivity contribution in [2.75, 3.05) is 5.33 Å². The van der Waals surface area contributed by atoms with Gasteiger partial charge in [0.2, 0.25) is 5.91 Å². The molecule has 1 amide bonds. The van der Waals surface area contributed by atoms with Gasteiger partial charge in [0.25, 0.3) is 0 Å². The van der Waals surface area contributed by atoms with Crippen molar-refractivity contribution in [3.05, 3.63) is 66.2 Å². The first-order chi connectivity index (χ1) is 11.3. The van der Waals surface area contributed by atoms with Crippen LogP contribution in [0.5, 0.6) is 0 Å². The third-order valence-corrected chi connectivity index (χ3v) is 5.26. The molecule has 0 N–H and O–H groups in total. The van der Waals surface area contributed by atoms with Crippen LogP contribution in [-0.2, 0) is 11.3 Å². The summed E-state index contributed by atoms with van der Waals surface area (Å²) in [5.74, 6) is 0.146. The summed E-state index contributed by atoms with van der Waals surface area (Å²) in [6, 6.07) is 19.8. The average molecular weight is 389 g/mol. The van der Waals surface area contributed by atoms with E-state index in [4.69, 9.17) is 0 Å². The standard InChI is InChI=1S/C18H17BrN2OS/c19-12-11-16-17(22)21(13-14-7-3-1-4-8-14)18(23-16)20-15-9-5-2-6-10-15/h1-10,16H,11-13H2. The van der Waals surface area contributed by atoms with Gasteiger partial charge in [-0.3, -0.25) is 9.69 Å². The second-order valence-electron chi connectivity index (χ2n) is 5.22. The van der Waals surface area contributed by atoms with Crippen molar-refractivity contribution in [2.24, 2.45) is 4.99 Å². The van der Waals surface area contributed by atoms with E-state index in [1.165, 1.54) is 0 Å². The number of thioether (sulfide) groups is 1. The molecule has 1 fully saturated rings. The summed E-state index contributed by atoms with van der Waals surface area (Å²) in [5.41, 5.74) is 1.99. The quantitative estimate of drug-likeness (QED) is 0.700. The molecule has 0 saturated carbocycles. The number of carbonyl (C=O) groups excluding carboxylic acids is 1. The predicted molar refractivity (Wildman–Crippen MR) is 100 cm³/mol. The van der Waals surface area contributed by atoms with E-state index in [-0.39, 0.29) is 11.2 Å². The van der Waals surface area contributed by atoms with Crippen molar-refractivity contribution in [3.63, 3.8) is 0 Å². The minimum Gasteiger partial charge on any atom is -0.286 e. The molecule has 1 heterocycles. The average Bonchev–Trinajstić information content (AvgIpc) is 2.86. The van der Waals surface area contributed by atoms with E-state index in [0.29, 0.717) is 6.54 Å². The second kappa shape index (κ2) is 7.79. The lowest BCUT2D eigenvalue weighted by Gasteiger charge is -2.16. The van der Waals surface area contributed by atoms with Crippen LogP contribution in [0.15, 0.2) is 65.7 Å². The molecule has 0 bridgehead atoms. The van der Waals surface area contributed by atoms with Crippen molar-refractivity contribution < 1.29 is 4.79 Å². The summed E-state index contributed by atoms with van der Waals surface area (Å²) < 4.78 is 0. The molecule has 23 heavy (non-hydrogen) atoms. The highest BCUT2D eigenvalue weighted by molar-refractivity contribution is 9.09. The van der Waals surface area contributed by atoms with Crippen LogP contribution in [0.4, 0.5) is 5.69 Å². The number of para-hydroxylation sites is 1. The predicted octanol–water partition coefficient (Wildman–Crippen LogP) is 4.60. The number of benzene rings is 2. The normalized spacial score (nSPS) is 19.5. The van der Waals surface area contributed by atoms with Gasteiger partial charge < -0.3 is 0 Å². The van der Waals surface area contributed by atoms with Crippen LogP contribution in [0.3, 0.4) is 0 Å². The molecule has 0 aromatic heterocycles. The molecule has 0 radical (unpaired) electrons. The summed E-state index contributed by atoms with van der Waals surface area (Å²) >= 11 is 5.00. The third kappa shape index (κ3) is 4.03. The minimum atomic E-state index is -0.0550. The summed E-state index contributed by atoms with van der Waals surface area (Å²) in [7, 11) is 0. The summed E-state index contributed by atoms with van der Waals surface area (Å²) in [6.07, 6.45) is 0.808. The Morgan fingerprint density at radius 1 is 1.04 bits per heavy atom. The molecule has 118 valence electrons.